The number of rotatable bonds is 15. The highest BCUT2D eigenvalue weighted by atomic mass is 35.5. The highest BCUT2D eigenvalue weighted by Gasteiger charge is 2.62. The summed E-state index contributed by atoms with van der Waals surface area (Å²) < 4.78 is 63.6. The fourth-order valence-electron chi connectivity index (χ4n) is 9.95. The van der Waals surface area contributed by atoms with E-state index in [4.69, 9.17) is 4.74 Å². The van der Waals surface area contributed by atoms with E-state index in [-0.39, 0.29) is 127 Å². The van der Waals surface area contributed by atoms with Crippen molar-refractivity contribution in [1.82, 2.24) is 18.9 Å². The summed E-state index contributed by atoms with van der Waals surface area (Å²) in [7, 11) is 0. The van der Waals surface area contributed by atoms with E-state index in [1.165, 1.54) is 29.1 Å². The van der Waals surface area contributed by atoms with Gasteiger partial charge in [0.15, 0.2) is 34.5 Å². The number of carbonyl (C=O) groups is 4. The molecule has 0 unspecified atom stereocenters. The number of nitrogens with zero attached hydrogens (tertiary/aromatic N) is 4. The summed E-state index contributed by atoms with van der Waals surface area (Å²) in [6.07, 6.45) is 3.27. The molecule has 2 spiro atoms. The summed E-state index contributed by atoms with van der Waals surface area (Å²) in [6.45, 7) is 7.78. The van der Waals surface area contributed by atoms with Crippen LogP contribution in [0.25, 0.3) is 0 Å². The Bertz CT molecular complexity index is 3070. The zero-order chi connectivity index (χ0) is 51.3. The van der Waals surface area contributed by atoms with Gasteiger partial charge in [0.05, 0.1) is 22.2 Å². The molecular weight excluding hydrogens is 964 g/mol. The second kappa shape index (κ2) is 20.8. The number of aromatic nitrogens is 2. The molecule has 72 heavy (non-hydrogen) atoms. The molecule has 2 aliphatic heterocycles. The quantitative estimate of drug-likeness (QED) is 0.0749. The van der Waals surface area contributed by atoms with Crippen molar-refractivity contribution < 1.29 is 56.8 Å². The maximum Gasteiger partial charge on any atom is 0.274 e. The summed E-state index contributed by atoms with van der Waals surface area (Å²) in [5.41, 5.74) is -2.58. The molecule has 4 heterocycles. The molecule has 2 amide bonds. The lowest BCUT2D eigenvalue weighted by Crippen LogP contribution is -2.52. The van der Waals surface area contributed by atoms with E-state index in [9.17, 15) is 61.6 Å². The van der Waals surface area contributed by atoms with Crippen LogP contribution in [0.2, 0.25) is 0 Å². The van der Waals surface area contributed by atoms with Crippen molar-refractivity contribution in [3.8, 4) is 11.5 Å². The molecule has 19 heteroatoms. The first-order chi connectivity index (χ1) is 33.8. The van der Waals surface area contributed by atoms with Crippen molar-refractivity contribution in [1.29, 1.82) is 0 Å². The van der Waals surface area contributed by atoms with Crippen LogP contribution in [0.15, 0.2) is 88.7 Å². The molecule has 0 radical (unpaired) electrons. The van der Waals surface area contributed by atoms with Gasteiger partial charge in [0.25, 0.3) is 11.8 Å². The minimum Gasteiger partial charge on any atom is -0.503 e. The Morgan fingerprint density at radius 1 is 0.667 bits per heavy atom. The molecule has 14 nitrogen and oxygen atoms in total. The molecule has 2 aromatic heterocycles. The average Bonchev–Trinajstić information content (AvgIpc) is 4.25. The number of aliphatic hydroxyl groups excluding tert-OH is 2. The van der Waals surface area contributed by atoms with E-state index in [2.05, 4.69) is 0 Å². The minimum atomic E-state index is -0.962. The van der Waals surface area contributed by atoms with E-state index >= 15 is 0 Å². The predicted octanol–water partition coefficient (Wildman–Crippen LogP) is 6.73. The van der Waals surface area contributed by atoms with Gasteiger partial charge in [0, 0.05) is 87.6 Å². The van der Waals surface area contributed by atoms with Gasteiger partial charge in [0.2, 0.25) is 10.9 Å². The van der Waals surface area contributed by atoms with E-state index in [0.29, 0.717) is 25.9 Å². The lowest BCUT2D eigenvalue weighted by molar-refractivity contribution is 0.0544. The summed E-state index contributed by atoms with van der Waals surface area (Å²) in [5, 5.41) is 30.4. The molecule has 4 atom stereocenters. The normalized spacial score (nSPS) is 20.5. The number of aromatic hydroxyl groups is 1. The number of carbonyl (C=O) groups excluding carboxylic acids is 4. The highest BCUT2D eigenvalue weighted by Crippen LogP contribution is 2.55. The molecular formula is C53H55ClF4N4O10. The number of amides is 2. The van der Waals surface area contributed by atoms with Crippen molar-refractivity contribution in [2.75, 3.05) is 26.3 Å². The molecule has 0 bridgehead atoms. The molecule has 2 aliphatic carbocycles. The third-order valence-electron chi connectivity index (χ3n) is 14.3. The highest BCUT2D eigenvalue weighted by molar-refractivity contribution is 6.01. The Morgan fingerprint density at radius 3 is 1.54 bits per heavy atom. The second-order valence-electron chi connectivity index (χ2n) is 19.4. The van der Waals surface area contributed by atoms with Crippen molar-refractivity contribution in [2.45, 2.75) is 96.0 Å². The zero-order valence-electron chi connectivity index (χ0n) is 40.0. The Hall–Kier alpha value is -6.63. The Kier molecular flexibility index (Phi) is 15.4. The smallest absolute Gasteiger partial charge is 0.274 e. The first kappa shape index (κ1) is 53.2. The number of hydrogen-bond acceptors (Lipinski definition) is 10. The monoisotopic (exact) mass is 1020 g/mol. The number of aryl methyl sites for hydroxylation is 2. The van der Waals surface area contributed by atoms with Crippen LogP contribution >= 0.6 is 12.4 Å². The van der Waals surface area contributed by atoms with Crippen molar-refractivity contribution in [2.24, 2.45) is 11.8 Å². The number of pyridine rings is 2. The number of hydrogen-bond donors (Lipinski definition) is 3. The van der Waals surface area contributed by atoms with Crippen LogP contribution in [-0.4, -0.2) is 96.0 Å². The van der Waals surface area contributed by atoms with Crippen LogP contribution in [-0.2, 0) is 30.5 Å². The number of ether oxygens (including phenoxy) is 1. The molecule has 4 aliphatic rings. The van der Waals surface area contributed by atoms with Crippen LogP contribution in [0.1, 0.15) is 112 Å². The standard InChI is InChI=1S/C30H30F2N2O5.C23H24F2N2O5.ClH/c1-18(2)33-17-30(13-21(30)15-35)34-14-23(25(36)11-9-20-8-10-22(31)12-24(20)32)27(37)28(26(34)29(33)38)39-16-19-6-4-3-5-7-19;1-12(2)26-11-23(8-14(23)10-28)27-9-16(20(30)21(31)19(27)22(26)32)18(29)6-4-13-3-5-15(24)7-17(13)25;/h3-8,10,12,14,18,21,35H,9,11,13,15-17H2,1-2H3;3,5,7,9,12,14,28,31H,4,6,8,10-11H2,1-2H3;1H/t21-,30+;14-,23+;/m11./s1. The van der Waals surface area contributed by atoms with Crippen LogP contribution in [0, 0.1) is 35.1 Å². The SMILES string of the molecule is CC(C)N1C[C@]2(C[C@@H]2CO)n2cc(C(=O)CCc3ccc(F)cc3F)c(=O)c(O)c2C1=O.CC(C)N1C[C@]2(C[C@@H]2CO)n2cc(C(=O)CCc3ccc(F)cc3F)c(=O)c(OCc3ccccc3)c2C1=O.Cl. The molecule has 5 aromatic rings. The van der Waals surface area contributed by atoms with E-state index in [1.807, 2.05) is 58.0 Å². The molecule has 3 aromatic carbocycles. The first-order valence-electron chi connectivity index (χ1n) is 23.5. The summed E-state index contributed by atoms with van der Waals surface area (Å²) in [5.74, 6) is -6.43. The van der Waals surface area contributed by atoms with Crippen LogP contribution in [0.3, 0.4) is 0 Å². The van der Waals surface area contributed by atoms with E-state index in [1.54, 1.807) is 14.4 Å². The fourth-order valence-corrected chi connectivity index (χ4v) is 9.95. The largest absolute Gasteiger partial charge is 0.503 e. The number of aliphatic hydroxyl groups is 2. The van der Waals surface area contributed by atoms with Gasteiger partial charge in [-0.1, -0.05) is 42.5 Å². The lowest BCUT2D eigenvalue weighted by Gasteiger charge is -2.40. The van der Waals surface area contributed by atoms with E-state index in [0.717, 1.165) is 29.8 Å². The van der Waals surface area contributed by atoms with Gasteiger partial charge in [-0.25, -0.2) is 17.6 Å². The van der Waals surface area contributed by atoms with Gasteiger partial charge in [-0.15, -0.1) is 12.4 Å². The van der Waals surface area contributed by atoms with Gasteiger partial charge < -0.3 is 39.0 Å². The molecule has 9 rings (SSSR count). The predicted molar refractivity (Wildman–Crippen MR) is 258 cm³/mol. The zero-order valence-corrected chi connectivity index (χ0v) is 40.8. The molecule has 2 saturated carbocycles. The Morgan fingerprint density at radius 2 is 1.11 bits per heavy atom. The maximum absolute atomic E-state index is 14.2. The molecule has 3 N–H and O–H groups in total. The summed E-state index contributed by atoms with van der Waals surface area (Å²) >= 11 is 0. The van der Waals surface area contributed by atoms with Gasteiger partial charge in [-0.3, -0.25) is 28.8 Å². The van der Waals surface area contributed by atoms with Gasteiger partial charge >= 0.3 is 0 Å². The van der Waals surface area contributed by atoms with Crippen molar-refractivity contribution >= 4 is 35.8 Å². The summed E-state index contributed by atoms with van der Waals surface area (Å²) in [4.78, 5) is 82.6. The third kappa shape index (κ3) is 9.83. The fraction of sp³-hybridized carbons (Fsp3) is 0.396. The van der Waals surface area contributed by atoms with Gasteiger partial charge in [0.1, 0.15) is 29.9 Å². The van der Waals surface area contributed by atoms with Crippen molar-refractivity contribution in [3.05, 3.63) is 162 Å². The van der Waals surface area contributed by atoms with Crippen molar-refractivity contribution in [3.63, 3.8) is 0 Å². The molecule has 0 saturated heterocycles. The number of ketones is 2. The molecule has 2 fully saturated rings. The van der Waals surface area contributed by atoms with Crippen LogP contribution in [0.4, 0.5) is 17.6 Å². The lowest BCUT2D eigenvalue weighted by atomic mass is 9.99. The third-order valence-corrected chi connectivity index (χ3v) is 14.3. The van der Waals surface area contributed by atoms with Gasteiger partial charge in [-0.05, 0) is 82.2 Å². The topological polar surface area (TPSA) is 189 Å². The number of Topliss-reactive ketones (excluding diaryl/α,β-unsaturated/α-hetero) is 2. The Labute approximate surface area is 417 Å². The van der Waals surface area contributed by atoms with Gasteiger partial charge in [-0.2, -0.15) is 0 Å². The molecule has 382 valence electrons. The van der Waals surface area contributed by atoms with Crippen LogP contribution in [0.5, 0.6) is 11.5 Å². The van der Waals surface area contributed by atoms with E-state index < -0.39 is 68.4 Å². The van der Waals surface area contributed by atoms with Crippen LogP contribution < -0.4 is 15.6 Å². The number of halogens is 5. The number of benzene rings is 3. The minimum absolute atomic E-state index is 0. The summed E-state index contributed by atoms with van der Waals surface area (Å²) in [6, 6.07) is 15.0. The first-order valence-corrected chi connectivity index (χ1v) is 23.5. The average molecular weight is 1020 g/mol. The second-order valence-corrected chi connectivity index (χ2v) is 19.4. The maximum atomic E-state index is 14.2. The Balaban J connectivity index is 0.000000212. The number of fused-ring (bicyclic) bond motifs is 4.